The first-order valence-corrected chi connectivity index (χ1v) is 19.6. The normalized spacial score (nSPS) is 12.5. The van der Waals surface area contributed by atoms with Gasteiger partial charge in [0.2, 0.25) is 0 Å². The molecule has 0 bridgehead atoms. The molecule has 264 valence electrons. The summed E-state index contributed by atoms with van der Waals surface area (Å²) in [6.07, 6.45) is 11.0. The Labute approximate surface area is 339 Å². The average molecular weight is 888 g/mol. The summed E-state index contributed by atoms with van der Waals surface area (Å²) in [6, 6.07) is 41.6. The van der Waals surface area contributed by atoms with Crippen molar-refractivity contribution < 1.29 is 23.9 Å². The Morgan fingerprint density at radius 2 is 1.13 bits per heavy atom. The number of fused-ring (bicyclic) bond motifs is 5. The monoisotopic (exact) mass is 888 g/mol. The molecule has 0 spiro atoms. The number of allylic oxidation sites excluding steroid dienone is 4. The van der Waals surface area contributed by atoms with Gasteiger partial charge >= 0.3 is 145 Å². The van der Waals surface area contributed by atoms with Crippen molar-refractivity contribution in [3.05, 3.63) is 178 Å². The van der Waals surface area contributed by atoms with Gasteiger partial charge in [0.05, 0.1) is 0 Å². The maximum absolute atomic E-state index is 3.69. The molecule has 0 heterocycles. The molecule has 0 nitrogen and oxygen atoms in total. The Kier molecular flexibility index (Phi) is 13.7. The summed E-state index contributed by atoms with van der Waals surface area (Å²) in [6.45, 7) is 18.2. The van der Waals surface area contributed by atoms with Crippen molar-refractivity contribution in [3.63, 3.8) is 0 Å². The molecule has 0 amide bonds. The van der Waals surface area contributed by atoms with Crippen molar-refractivity contribution in [2.75, 3.05) is 0 Å². The van der Waals surface area contributed by atoms with Gasteiger partial charge in [-0.3, -0.25) is 6.08 Å². The Bertz CT molecular complexity index is 2120. The Balaban J connectivity index is 0.000000198. The van der Waals surface area contributed by atoms with Crippen LogP contribution in [0.1, 0.15) is 92.5 Å². The first-order chi connectivity index (χ1) is 23.8. The van der Waals surface area contributed by atoms with E-state index in [-0.39, 0.29) is 35.6 Å². The molecular formula is C49H50Cl2Hf. The van der Waals surface area contributed by atoms with Crippen LogP contribution in [0.15, 0.2) is 121 Å². The molecule has 0 N–H and O–H groups in total. The molecule has 2 aliphatic rings. The van der Waals surface area contributed by atoms with Crippen LogP contribution in [0.2, 0.25) is 0 Å². The van der Waals surface area contributed by atoms with Gasteiger partial charge in [-0.1, -0.05) is 71.6 Å². The number of aryl methyl sites for hydroxylation is 2. The van der Waals surface area contributed by atoms with Crippen LogP contribution in [0, 0.1) is 26.0 Å². The van der Waals surface area contributed by atoms with Gasteiger partial charge in [0.1, 0.15) is 0 Å². The fraction of sp³-hybridized carbons (Fsp3) is 0.245. The van der Waals surface area contributed by atoms with Crippen molar-refractivity contribution in [1.29, 1.82) is 0 Å². The number of benzene rings is 6. The number of hydrogen-bond donors (Lipinski definition) is 0. The second-order valence-corrected chi connectivity index (χ2v) is 17.5. The fourth-order valence-corrected chi connectivity index (χ4v) is 8.34. The van der Waals surface area contributed by atoms with E-state index in [9.17, 15) is 0 Å². The second-order valence-electron chi connectivity index (χ2n) is 15.7. The number of halogens is 2. The Morgan fingerprint density at radius 1 is 0.615 bits per heavy atom. The quantitative estimate of drug-likeness (QED) is 0.120. The summed E-state index contributed by atoms with van der Waals surface area (Å²) >= 11 is 1.03. The summed E-state index contributed by atoms with van der Waals surface area (Å²) in [5.74, 6) is 0. The molecule has 0 saturated heterocycles. The predicted molar refractivity (Wildman–Crippen MR) is 228 cm³/mol. The van der Waals surface area contributed by atoms with E-state index in [1.54, 1.807) is 0 Å². The van der Waals surface area contributed by atoms with Gasteiger partial charge in [0, 0.05) is 0 Å². The molecule has 0 fully saturated rings. The van der Waals surface area contributed by atoms with Gasteiger partial charge in [-0.15, -0.1) is 47.9 Å². The molecule has 0 aliphatic heterocycles. The molecule has 0 atom stereocenters. The summed E-state index contributed by atoms with van der Waals surface area (Å²) in [4.78, 5) is 0. The van der Waals surface area contributed by atoms with Gasteiger partial charge in [0.15, 0.2) is 0 Å². The predicted octanol–water partition coefficient (Wildman–Crippen LogP) is 13.5. The Hall–Kier alpha value is -3.36. The van der Waals surface area contributed by atoms with E-state index >= 15 is 0 Å². The first-order valence-electron chi connectivity index (χ1n) is 17.8. The van der Waals surface area contributed by atoms with Gasteiger partial charge in [-0.25, -0.2) is 12.2 Å². The van der Waals surface area contributed by atoms with Crippen LogP contribution >= 0.6 is 24.8 Å². The Morgan fingerprint density at radius 3 is 1.60 bits per heavy atom. The topological polar surface area (TPSA) is 0 Å². The zero-order valence-corrected chi connectivity index (χ0v) is 37.0. The zero-order valence-electron chi connectivity index (χ0n) is 31.8. The number of rotatable bonds is 2. The van der Waals surface area contributed by atoms with Crippen LogP contribution in [0.4, 0.5) is 0 Å². The molecule has 0 unspecified atom stereocenters. The second kappa shape index (κ2) is 17.2. The standard InChI is InChI=1S/C23H29.C21H14.C5H5.2ClH.Hf/c1-14-9-16-11-17-10-15(2)21(23(6,7)8)13-19(17)18(16)12-20(14)22(3,4)5;1-3-7-20-14-16(9-11-18(20)5-1)13-17-10-12-19-6-2-4-8-21(19)15-17;1-2-4-5-3-1;;;/h9,12-13H,11H2,1-8H3;1-12,14-15H;1-3H,4H2;2*1H;/q-1;;-1;;;+2. The summed E-state index contributed by atoms with van der Waals surface area (Å²) in [5.41, 5.74) is 14.3. The van der Waals surface area contributed by atoms with Crippen LogP contribution < -0.4 is 0 Å². The third kappa shape index (κ3) is 9.40. The molecular weight excluding hydrogens is 838 g/mol. The van der Waals surface area contributed by atoms with Crippen LogP contribution in [0.5, 0.6) is 0 Å². The van der Waals surface area contributed by atoms with Crippen LogP contribution in [0.25, 0.3) is 32.7 Å². The molecule has 6 aromatic carbocycles. The van der Waals surface area contributed by atoms with E-state index in [0.29, 0.717) is 0 Å². The van der Waals surface area contributed by atoms with E-state index in [4.69, 9.17) is 0 Å². The third-order valence-corrected chi connectivity index (χ3v) is 11.8. The van der Waals surface area contributed by atoms with E-state index < -0.39 is 0 Å². The molecule has 0 aromatic heterocycles. The molecule has 2 aliphatic carbocycles. The molecule has 0 saturated carbocycles. The molecule has 0 radical (unpaired) electrons. The van der Waals surface area contributed by atoms with E-state index in [0.717, 1.165) is 36.7 Å². The van der Waals surface area contributed by atoms with Gasteiger partial charge in [-0.2, -0.15) is 23.8 Å². The molecule has 52 heavy (non-hydrogen) atoms. The van der Waals surface area contributed by atoms with Crippen molar-refractivity contribution in [2.45, 2.75) is 79.1 Å². The SMILES string of the molecule is Cc1[c-]c2c(cc1C(C)(C)C)-c1cc(C(C)(C)C)c(C)cc1C2.Cl.Cl.[C-]1=CC=CC1.[Hf+2]=[C](c1ccc2ccccc2c1)c1ccc2ccccc2c1. The van der Waals surface area contributed by atoms with E-state index in [1.807, 2.05) is 12.2 Å². The van der Waals surface area contributed by atoms with Gasteiger partial charge < -0.3 is 0 Å². The summed E-state index contributed by atoms with van der Waals surface area (Å²) in [5, 5.41) is 5.24. The minimum atomic E-state index is 0. The zero-order chi connectivity index (χ0) is 35.6. The van der Waals surface area contributed by atoms with Crippen molar-refractivity contribution in [3.8, 4) is 11.1 Å². The van der Waals surface area contributed by atoms with Gasteiger partial charge in [-0.05, 0) is 35.4 Å². The summed E-state index contributed by atoms with van der Waals surface area (Å²) in [7, 11) is 0. The summed E-state index contributed by atoms with van der Waals surface area (Å²) < 4.78 is 1.46. The minimum absolute atomic E-state index is 0. The van der Waals surface area contributed by atoms with Crippen LogP contribution in [-0.4, -0.2) is 3.26 Å². The number of hydrogen-bond acceptors (Lipinski definition) is 0. The molecule has 3 heteroatoms. The van der Waals surface area contributed by atoms with E-state index in [1.165, 1.54) is 80.4 Å². The van der Waals surface area contributed by atoms with E-state index in [2.05, 4.69) is 177 Å². The first kappa shape index (κ1) is 41.4. The molecule has 8 rings (SSSR count). The third-order valence-electron chi connectivity index (χ3n) is 9.74. The van der Waals surface area contributed by atoms with Crippen molar-refractivity contribution in [2.24, 2.45) is 0 Å². The molecule has 6 aromatic rings. The van der Waals surface area contributed by atoms with Gasteiger partial charge in [0.25, 0.3) is 0 Å². The average Bonchev–Trinajstić information content (AvgIpc) is 3.78. The van der Waals surface area contributed by atoms with Crippen LogP contribution in [-0.2, 0) is 41.1 Å². The maximum atomic E-state index is 3.69. The van der Waals surface area contributed by atoms with Crippen LogP contribution in [0.3, 0.4) is 0 Å². The fourth-order valence-electron chi connectivity index (χ4n) is 7.22. The van der Waals surface area contributed by atoms with Crippen molar-refractivity contribution in [1.82, 2.24) is 0 Å². The van der Waals surface area contributed by atoms with Crippen molar-refractivity contribution >= 4 is 49.6 Å².